The lowest BCUT2D eigenvalue weighted by Crippen LogP contribution is -2.06. The van der Waals surface area contributed by atoms with Crippen molar-refractivity contribution in [2.24, 2.45) is 0 Å². The van der Waals surface area contributed by atoms with Gasteiger partial charge >= 0.3 is 0 Å². The molecule has 0 spiro atoms. The van der Waals surface area contributed by atoms with E-state index >= 15 is 0 Å². The van der Waals surface area contributed by atoms with Gasteiger partial charge in [-0.25, -0.2) is 0 Å². The number of hydrogen-bond acceptors (Lipinski definition) is 0. The molecule has 0 bridgehead atoms. The molecule has 2 aromatic carbocycles. The van der Waals surface area contributed by atoms with Crippen LogP contribution in [0.15, 0.2) is 90.1 Å². The third kappa shape index (κ3) is 2.17. The van der Waals surface area contributed by atoms with Crippen LogP contribution in [0.4, 0.5) is 0 Å². The van der Waals surface area contributed by atoms with Crippen LogP contribution in [0.25, 0.3) is 10.8 Å². The van der Waals surface area contributed by atoms with Crippen LogP contribution in [-0.4, -0.2) is 0 Å². The molecule has 1 radical (unpaired) electrons. The summed E-state index contributed by atoms with van der Waals surface area (Å²) in [7, 11) is 0. The lowest BCUT2D eigenvalue weighted by molar-refractivity contribution is 1.08. The van der Waals surface area contributed by atoms with Gasteiger partial charge in [-0.05, 0) is 29.2 Å². The third-order valence-electron chi connectivity index (χ3n) is 4.24. The first-order valence-electron chi connectivity index (χ1n) is 7.51. The Morgan fingerprint density at radius 3 is 2.05 bits per heavy atom. The van der Waals surface area contributed by atoms with Gasteiger partial charge in [0.15, 0.2) is 0 Å². The minimum Gasteiger partial charge on any atom is -0.0804 e. The van der Waals surface area contributed by atoms with Crippen molar-refractivity contribution in [1.29, 1.82) is 0 Å². The Bertz CT molecular complexity index is 764. The molecule has 0 aromatic heterocycles. The number of allylic oxidation sites excluding steroid dienone is 8. The lowest BCUT2D eigenvalue weighted by Gasteiger charge is -2.21. The molecule has 2 aliphatic carbocycles. The highest BCUT2D eigenvalue weighted by molar-refractivity contribution is 5.89. The molecule has 0 amide bonds. The molecule has 0 unspecified atom stereocenters. The molecule has 0 heteroatoms. The first kappa shape index (κ1) is 12.4. The van der Waals surface area contributed by atoms with E-state index in [1.54, 1.807) is 0 Å². The van der Waals surface area contributed by atoms with E-state index in [1.165, 1.54) is 33.4 Å². The van der Waals surface area contributed by atoms with Crippen molar-refractivity contribution in [3.8, 4) is 0 Å². The average Bonchev–Trinajstić information content (AvgIpc) is 3.22. The molecule has 0 nitrogen and oxygen atoms in total. The fourth-order valence-electron chi connectivity index (χ4n) is 3.26. The Labute approximate surface area is 125 Å². The van der Waals surface area contributed by atoms with Gasteiger partial charge in [0.25, 0.3) is 0 Å². The smallest absolute Gasteiger partial charge is 0.0561 e. The number of hydrogen-bond donors (Lipinski definition) is 0. The Balaban J connectivity index is 1.89. The predicted octanol–water partition coefficient (Wildman–Crippen LogP) is 5.53. The molecule has 2 aromatic rings. The van der Waals surface area contributed by atoms with E-state index in [0.29, 0.717) is 0 Å². The average molecular weight is 269 g/mol. The van der Waals surface area contributed by atoms with E-state index < -0.39 is 0 Å². The van der Waals surface area contributed by atoms with Gasteiger partial charge in [0.05, 0.1) is 5.92 Å². The molecule has 0 N–H and O–H groups in total. The van der Waals surface area contributed by atoms with Crippen molar-refractivity contribution in [3.05, 3.63) is 102 Å². The molecule has 0 saturated heterocycles. The molecular weight excluding hydrogens is 252 g/mol. The summed E-state index contributed by atoms with van der Waals surface area (Å²) in [6.45, 7) is 0. The maximum Gasteiger partial charge on any atom is 0.0561 e. The summed E-state index contributed by atoms with van der Waals surface area (Å²) < 4.78 is 0. The summed E-state index contributed by atoms with van der Waals surface area (Å²) in [6.07, 6.45) is 15.4. The molecule has 101 valence electrons. The Morgan fingerprint density at radius 1 is 0.714 bits per heavy atom. The summed E-state index contributed by atoms with van der Waals surface area (Å²) in [5, 5.41) is 2.65. The standard InChI is InChI=1S/C21H17/c1-2-10-17(9-1)21(18-11-3-4-12-18)20-15-7-13-16-8-5-6-14-19(16)20/h1-9,11,13-15H,10,12H2. The molecule has 0 heterocycles. The highest BCUT2D eigenvalue weighted by Crippen LogP contribution is 2.40. The fraction of sp³-hybridized carbons (Fsp3) is 0.0952. The quantitative estimate of drug-likeness (QED) is 0.686. The summed E-state index contributed by atoms with van der Waals surface area (Å²) >= 11 is 0. The van der Waals surface area contributed by atoms with E-state index in [4.69, 9.17) is 0 Å². The normalized spacial score (nSPS) is 16.8. The first-order valence-corrected chi connectivity index (χ1v) is 7.51. The monoisotopic (exact) mass is 269 g/mol. The van der Waals surface area contributed by atoms with Crippen LogP contribution in [0.5, 0.6) is 0 Å². The highest BCUT2D eigenvalue weighted by atomic mass is 14.3. The zero-order valence-electron chi connectivity index (χ0n) is 11.9. The van der Waals surface area contributed by atoms with Crippen LogP contribution in [0.2, 0.25) is 0 Å². The highest BCUT2D eigenvalue weighted by Gasteiger charge is 2.24. The summed E-state index contributed by atoms with van der Waals surface area (Å²) in [4.78, 5) is 0. The number of fused-ring (bicyclic) bond motifs is 1. The zero-order chi connectivity index (χ0) is 14.1. The van der Waals surface area contributed by atoms with Crippen LogP contribution in [-0.2, 0) is 0 Å². The molecule has 0 fully saturated rings. The van der Waals surface area contributed by atoms with Crippen LogP contribution in [0.3, 0.4) is 0 Å². The largest absolute Gasteiger partial charge is 0.0804 e. The third-order valence-corrected chi connectivity index (χ3v) is 4.24. The van der Waals surface area contributed by atoms with Crippen LogP contribution >= 0.6 is 0 Å². The maximum absolute atomic E-state index is 2.26. The SMILES string of the molecule is C1=CCC([C](C2=CC=CC2)c2cccc3ccccc23)=C1. The molecule has 21 heavy (non-hydrogen) atoms. The second kappa shape index (κ2) is 5.21. The summed E-state index contributed by atoms with van der Waals surface area (Å²) in [5.74, 6) is 1.42. The number of benzene rings is 2. The van der Waals surface area contributed by atoms with Crippen molar-refractivity contribution < 1.29 is 0 Å². The first-order chi connectivity index (χ1) is 10.4. The van der Waals surface area contributed by atoms with Crippen molar-refractivity contribution >= 4 is 10.8 Å². The summed E-state index contributed by atoms with van der Waals surface area (Å²) in [6, 6.07) is 15.3. The summed E-state index contributed by atoms with van der Waals surface area (Å²) in [5.41, 5.74) is 4.22. The molecule has 0 aliphatic heterocycles. The van der Waals surface area contributed by atoms with Crippen molar-refractivity contribution in [2.45, 2.75) is 12.8 Å². The Hall–Kier alpha value is -2.34. The molecule has 0 saturated carbocycles. The predicted molar refractivity (Wildman–Crippen MR) is 90.0 cm³/mol. The topological polar surface area (TPSA) is 0 Å². The van der Waals surface area contributed by atoms with Crippen molar-refractivity contribution in [2.75, 3.05) is 0 Å². The van der Waals surface area contributed by atoms with E-state index in [2.05, 4.69) is 78.9 Å². The van der Waals surface area contributed by atoms with Crippen molar-refractivity contribution in [3.63, 3.8) is 0 Å². The Kier molecular flexibility index (Phi) is 3.08. The molecule has 4 rings (SSSR count). The zero-order valence-corrected chi connectivity index (χ0v) is 11.9. The van der Waals surface area contributed by atoms with Gasteiger partial charge in [0.2, 0.25) is 0 Å². The Morgan fingerprint density at radius 2 is 1.38 bits per heavy atom. The van der Waals surface area contributed by atoms with E-state index in [1.807, 2.05) is 0 Å². The second-order valence-electron chi connectivity index (χ2n) is 5.55. The molecule has 2 aliphatic rings. The van der Waals surface area contributed by atoms with Gasteiger partial charge in [0, 0.05) is 0 Å². The van der Waals surface area contributed by atoms with Crippen LogP contribution in [0.1, 0.15) is 18.4 Å². The van der Waals surface area contributed by atoms with Crippen LogP contribution < -0.4 is 0 Å². The van der Waals surface area contributed by atoms with Gasteiger partial charge in [-0.15, -0.1) is 0 Å². The number of rotatable bonds is 3. The minimum absolute atomic E-state index is 1.04. The second-order valence-corrected chi connectivity index (χ2v) is 5.55. The van der Waals surface area contributed by atoms with Crippen LogP contribution in [0, 0.1) is 5.92 Å². The van der Waals surface area contributed by atoms with E-state index in [9.17, 15) is 0 Å². The fourth-order valence-corrected chi connectivity index (χ4v) is 3.26. The van der Waals surface area contributed by atoms with E-state index in [0.717, 1.165) is 12.8 Å². The van der Waals surface area contributed by atoms with Gasteiger partial charge in [-0.3, -0.25) is 0 Å². The van der Waals surface area contributed by atoms with Gasteiger partial charge < -0.3 is 0 Å². The molecular formula is C21H17. The minimum atomic E-state index is 1.04. The van der Waals surface area contributed by atoms with Crippen molar-refractivity contribution in [1.82, 2.24) is 0 Å². The lowest BCUT2D eigenvalue weighted by atomic mass is 9.81. The van der Waals surface area contributed by atoms with E-state index in [-0.39, 0.29) is 0 Å². The van der Waals surface area contributed by atoms with Gasteiger partial charge in [0.1, 0.15) is 0 Å². The molecule has 0 atom stereocenters. The van der Waals surface area contributed by atoms with Gasteiger partial charge in [-0.1, -0.05) is 90.1 Å². The maximum atomic E-state index is 2.26. The van der Waals surface area contributed by atoms with Gasteiger partial charge in [-0.2, -0.15) is 0 Å².